The van der Waals surface area contributed by atoms with E-state index in [0.717, 1.165) is 6.07 Å². The predicted octanol–water partition coefficient (Wildman–Crippen LogP) is 2.19. The monoisotopic (exact) mass is 303 g/mol. The van der Waals surface area contributed by atoms with Crippen molar-refractivity contribution in [2.45, 2.75) is 13.1 Å². The van der Waals surface area contributed by atoms with E-state index in [9.17, 15) is 22.4 Å². The molecule has 0 bridgehead atoms. The Hall–Kier alpha value is -2.07. The number of alkyl halides is 3. The lowest BCUT2D eigenvalue weighted by atomic mass is 10.1. The van der Waals surface area contributed by atoms with Crippen LogP contribution in [-0.4, -0.2) is 41.8 Å². The molecule has 0 aliphatic rings. The minimum Gasteiger partial charge on any atom is -0.384 e. The van der Waals surface area contributed by atoms with Gasteiger partial charge in [-0.1, -0.05) is 11.8 Å². The van der Waals surface area contributed by atoms with Crippen LogP contribution in [0.3, 0.4) is 0 Å². The topological polar surface area (TPSA) is 40.5 Å². The van der Waals surface area contributed by atoms with Crippen molar-refractivity contribution in [1.29, 1.82) is 0 Å². The maximum Gasteiger partial charge on any atom is 0.406 e. The molecule has 1 N–H and O–H groups in total. The number of nitrogens with zero attached hydrogens (tertiary/aromatic N) is 1. The highest BCUT2D eigenvalue weighted by atomic mass is 19.4. The summed E-state index contributed by atoms with van der Waals surface area (Å²) in [5, 5.41) is 8.51. The lowest BCUT2D eigenvalue weighted by Gasteiger charge is -2.22. The molecule has 0 aromatic heterocycles. The van der Waals surface area contributed by atoms with E-state index in [4.69, 9.17) is 5.11 Å². The molecule has 0 radical (unpaired) electrons. The molecule has 0 fully saturated rings. The van der Waals surface area contributed by atoms with Crippen LogP contribution in [0.1, 0.15) is 22.8 Å². The summed E-state index contributed by atoms with van der Waals surface area (Å²) in [5.74, 6) is 2.83. The number of carbonyl (C=O) groups excluding carboxylic acids is 1. The first-order valence-corrected chi connectivity index (χ1v) is 6.03. The minimum absolute atomic E-state index is 0.0422. The number of aliphatic hydroxyl groups excluding tert-OH is 1. The van der Waals surface area contributed by atoms with Crippen LogP contribution in [0.15, 0.2) is 18.2 Å². The van der Waals surface area contributed by atoms with E-state index in [1.807, 2.05) is 0 Å². The van der Waals surface area contributed by atoms with Gasteiger partial charge >= 0.3 is 6.18 Å². The molecular weight excluding hydrogens is 290 g/mol. The fourth-order valence-corrected chi connectivity index (χ4v) is 1.61. The first-order valence-electron chi connectivity index (χ1n) is 6.03. The van der Waals surface area contributed by atoms with Crippen molar-refractivity contribution in [2.75, 3.05) is 19.7 Å². The Morgan fingerprint density at radius 1 is 1.38 bits per heavy atom. The molecular formula is C14H13F4NO2. The Morgan fingerprint density at radius 2 is 2.05 bits per heavy atom. The van der Waals surface area contributed by atoms with E-state index >= 15 is 0 Å². The third kappa shape index (κ3) is 5.08. The summed E-state index contributed by atoms with van der Waals surface area (Å²) in [4.78, 5) is 12.5. The molecule has 1 aromatic carbocycles. The summed E-state index contributed by atoms with van der Waals surface area (Å²) in [6.45, 7) is -0.585. The lowest BCUT2D eigenvalue weighted by molar-refractivity contribution is -0.140. The van der Waals surface area contributed by atoms with Crippen LogP contribution >= 0.6 is 0 Å². The van der Waals surface area contributed by atoms with Gasteiger partial charge < -0.3 is 10.0 Å². The molecule has 0 aliphatic carbocycles. The van der Waals surface area contributed by atoms with Gasteiger partial charge in [-0.15, -0.1) is 0 Å². The number of halogens is 4. The van der Waals surface area contributed by atoms with Gasteiger partial charge in [-0.3, -0.25) is 4.79 Å². The molecule has 0 saturated carbocycles. The number of hydrogen-bond donors (Lipinski definition) is 1. The van der Waals surface area contributed by atoms with Gasteiger partial charge in [0.2, 0.25) is 0 Å². The van der Waals surface area contributed by atoms with E-state index in [1.165, 1.54) is 19.1 Å². The molecule has 3 nitrogen and oxygen atoms in total. The molecule has 7 heteroatoms. The van der Waals surface area contributed by atoms with Gasteiger partial charge in [0, 0.05) is 12.1 Å². The summed E-state index contributed by atoms with van der Waals surface area (Å²) in [7, 11) is 0. The van der Waals surface area contributed by atoms with Gasteiger partial charge in [0.15, 0.2) is 0 Å². The van der Waals surface area contributed by atoms with E-state index in [1.54, 1.807) is 0 Å². The molecule has 0 heterocycles. The molecule has 21 heavy (non-hydrogen) atoms. The number of amides is 1. The molecule has 1 aromatic rings. The average Bonchev–Trinajstić information content (AvgIpc) is 2.41. The van der Waals surface area contributed by atoms with Gasteiger partial charge in [0.1, 0.15) is 19.0 Å². The SMILES string of the molecule is CCN(CC(F)(F)F)C(=O)c1ccc(C#CCO)c(F)c1. The Bertz CT molecular complexity index is 573. The zero-order chi connectivity index (χ0) is 16.0. The molecule has 0 spiro atoms. The van der Waals surface area contributed by atoms with Crippen LogP contribution in [0.4, 0.5) is 17.6 Å². The average molecular weight is 303 g/mol. The standard InChI is InChI=1S/C14H13F4NO2/c1-2-19(9-14(16,17)18)13(21)11-6-5-10(4-3-7-20)12(15)8-11/h5-6,8,20H,2,7,9H2,1H3. The highest BCUT2D eigenvalue weighted by molar-refractivity contribution is 5.94. The zero-order valence-electron chi connectivity index (χ0n) is 11.2. The van der Waals surface area contributed by atoms with Crippen molar-refractivity contribution >= 4 is 5.91 Å². The molecule has 0 atom stereocenters. The molecule has 1 amide bonds. The van der Waals surface area contributed by atoms with Crippen LogP contribution in [0, 0.1) is 17.7 Å². The summed E-state index contributed by atoms with van der Waals surface area (Å²) in [6.07, 6.45) is -4.52. The van der Waals surface area contributed by atoms with E-state index in [2.05, 4.69) is 11.8 Å². The molecule has 114 valence electrons. The second kappa shape index (κ2) is 7.09. The van der Waals surface area contributed by atoms with Crippen molar-refractivity contribution in [3.8, 4) is 11.8 Å². The van der Waals surface area contributed by atoms with Gasteiger partial charge in [0.05, 0.1) is 5.56 Å². The van der Waals surface area contributed by atoms with Crippen LogP contribution in [-0.2, 0) is 0 Å². The number of rotatable bonds is 3. The third-order valence-electron chi connectivity index (χ3n) is 2.56. The zero-order valence-corrected chi connectivity index (χ0v) is 11.2. The van der Waals surface area contributed by atoms with Crippen molar-refractivity contribution in [2.24, 2.45) is 0 Å². The van der Waals surface area contributed by atoms with Gasteiger partial charge in [0.25, 0.3) is 5.91 Å². The normalized spacial score (nSPS) is 10.8. The molecule has 0 saturated heterocycles. The Kier molecular flexibility index (Phi) is 5.73. The second-order valence-electron chi connectivity index (χ2n) is 4.09. The Labute approximate surface area is 119 Å². The number of hydrogen-bond acceptors (Lipinski definition) is 2. The summed E-state index contributed by atoms with van der Waals surface area (Å²) < 4.78 is 50.7. The predicted molar refractivity (Wildman–Crippen MR) is 68.0 cm³/mol. The molecule has 1 rings (SSSR count). The maximum atomic E-state index is 13.7. The van der Waals surface area contributed by atoms with Gasteiger partial charge in [-0.2, -0.15) is 13.2 Å². The Morgan fingerprint density at radius 3 is 2.52 bits per heavy atom. The quantitative estimate of drug-likeness (QED) is 0.687. The summed E-state index contributed by atoms with van der Waals surface area (Å²) >= 11 is 0. The second-order valence-corrected chi connectivity index (χ2v) is 4.09. The number of aliphatic hydroxyl groups is 1. The van der Waals surface area contributed by atoms with Crippen LogP contribution in [0.2, 0.25) is 0 Å². The fraction of sp³-hybridized carbons (Fsp3) is 0.357. The maximum absolute atomic E-state index is 13.7. The van der Waals surface area contributed by atoms with Crippen molar-refractivity contribution in [3.63, 3.8) is 0 Å². The van der Waals surface area contributed by atoms with E-state index < -0.39 is 31.1 Å². The van der Waals surface area contributed by atoms with Crippen LogP contribution < -0.4 is 0 Å². The highest BCUT2D eigenvalue weighted by Gasteiger charge is 2.32. The Balaban J connectivity index is 2.99. The third-order valence-corrected chi connectivity index (χ3v) is 2.56. The summed E-state index contributed by atoms with van der Waals surface area (Å²) in [5.41, 5.74) is -0.229. The van der Waals surface area contributed by atoms with Crippen LogP contribution in [0.5, 0.6) is 0 Å². The highest BCUT2D eigenvalue weighted by Crippen LogP contribution is 2.19. The van der Waals surface area contributed by atoms with Crippen molar-refractivity contribution < 1.29 is 27.5 Å². The largest absolute Gasteiger partial charge is 0.406 e. The lowest BCUT2D eigenvalue weighted by Crippen LogP contribution is -2.38. The van der Waals surface area contributed by atoms with E-state index in [-0.39, 0.29) is 17.7 Å². The smallest absolute Gasteiger partial charge is 0.384 e. The van der Waals surface area contributed by atoms with Gasteiger partial charge in [-0.25, -0.2) is 4.39 Å². The van der Waals surface area contributed by atoms with Crippen molar-refractivity contribution in [3.05, 3.63) is 35.1 Å². The number of benzene rings is 1. The number of carbonyl (C=O) groups is 1. The minimum atomic E-state index is -4.52. The first-order chi connectivity index (χ1) is 9.78. The van der Waals surface area contributed by atoms with Crippen molar-refractivity contribution in [1.82, 2.24) is 4.90 Å². The molecule has 0 aliphatic heterocycles. The van der Waals surface area contributed by atoms with Gasteiger partial charge in [-0.05, 0) is 25.1 Å². The fourth-order valence-electron chi connectivity index (χ4n) is 1.61. The summed E-state index contributed by atoms with van der Waals surface area (Å²) in [6, 6.07) is 3.22. The van der Waals surface area contributed by atoms with Crippen LogP contribution in [0.25, 0.3) is 0 Å². The van der Waals surface area contributed by atoms with E-state index in [0.29, 0.717) is 4.90 Å². The first kappa shape index (κ1) is 17.0. The molecule has 0 unspecified atom stereocenters.